The molecule has 0 aliphatic carbocycles. The molecule has 5 heteroatoms. The van der Waals surface area contributed by atoms with Gasteiger partial charge in [0.05, 0.1) is 5.56 Å². The lowest BCUT2D eigenvalue weighted by Crippen LogP contribution is -2.09. The number of rotatable bonds is 1. The summed E-state index contributed by atoms with van der Waals surface area (Å²) in [5.74, 6) is 0. The molecular weight excluding hydrogens is 193 g/mol. The first kappa shape index (κ1) is 10.7. The van der Waals surface area contributed by atoms with Crippen molar-refractivity contribution in [3.63, 3.8) is 0 Å². The molecule has 0 saturated carbocycles. The van der Waals surface area contributed by atoms with Crippen molar-refractivity contribution < 1.29 is 13.2 Å². The van der Waals surface area contributed by atoms with Crippen LogP contribution in [0.25, 0.3) is 0 Å². The van der Waals surface area contributed by atoms with Crippen LogP contribution >= 0.6 is 0 Å². The Morgan fingerprint density at radius 2 is 1.57 bits per heavy atom. The molecule has 0 aliphatic rings. The second kappa shape index (κ2) is 3.40. The number of halogens is 3. The normalized spacial score (nSPS) is 11.7. The van der Waals surface area contributed by atoms with Gasteiger partial charge in [-0.3, -0.25) is 0 Å². The van der Waals surface area contributed by atoms with Crippen molar-refractivity contribution in [1.82, 2.24) is 0 Å². The fourth-order valence-corrected chi connectivity index (χ4v) is 1.29. The van der Waals surface area contributed by atoms with Gasteiger partial charge in [0.15, 0.2) is 0 Å². The molecule has 0 bridgehead atoms. The minimum absolute atomic E-state index is 0.0971. The maximum atomic E-state index is 12.3. The molecule has 0 fully saturated rings. The monoisotopic (exact) mass is 204 g/mol. The van der Waals surface area contributed by atoms with E-state index >= 15 is 0 Å². The van der Waals surface area contributed by atoms with E-state index in [-0.39, 0.29) is 11.4 Å². The molecule has 0 aliphatic heterocycles. The van der Waals surface area contributed by atoms with Crippen LogP contribution in [0.15, 0.2) is 12.1 Å². The van der Waals surface area contributed by atoms with Gasteiger partial charge < -0.3 is 11.5 Å². The number of anilines is 2. The molecule has 0 spiro atoms. The summed E-state index contributed by atoms with van der Waals surface area (Å²) < 4.78 is 36.8. The average Bonchev–Trinajstić information content (AvgIpc) is 2.01. The quantitative estimate of drug-likeness (QED) is 0.690. The molecule has 0 saturated heterocycles. The van der Waals surface area contributed by atoms with E-state index in [0.29, 0.717) is 12.0 Å². The maximum absolute atomic E-state index is 12.3. The largest absolute Gasteiger partial charge is 0.416 e. The van der Waals surface area contributed by atoms with E-state index in [9.17, 15) is 13.2 Å². The topological polar surface area (TPSA) is 52.0 Å². The Kier molecular flexibility index (Phi) is 2.59. The van der Waals surface area contributed by atoms with Crippen molar-refractivity contribution in [2.24, 2.45) is 0 Å². The third-order valence-corrected chi connectivity index (χ3v) is 2.00. The zero-order valence-electron chi connectivity index (χ0n) is 7.65. The maximum Gasteiger partial charge on any atom is 0.416 e. The van der Waals surface area contributed by atoms with Crippen LogP contribution < -0.4 is 11.5 Å². The molecule has 78 valence electrons. The SMILES string of the molecule is CCc1c(N)cc(C(F)(F)F)cc1N. The van der Waals surface area contributed by atoms with Crippen LogP contribution in [0.1, 0.15) is 18.1 Å². The number of benzene rings is 1. The Balaban J connectivity index is 3.28. The van der Waals surface area contributed by atoms with E-state index in [1.54, 1.807) is 6.92 Å². The van der Waals surface area contributed by atoms with Crippen molar-refractivity contribution in [2.75, 3.05) is 11.5 Å². The summed E-state index contributed by atoms with van der Waals surface area (Å²) in [5.41, 5.74) is 10.9. The highest BCUT2D eigenvalue weighted by molar-refractivity contribution is 5.63. The molecule has 1 rings (SSSR count). The molecule has 0 heterocycles. The van der Waals surface area contributed by atoms with Gasteiger partial charge in [0.2, 0.25) is 0 Å². The third-order valence-electron chi connectivity index (χ3n) is 2.00. The summed E-state index contributed by atoms with van der Waals surface area (Å²) >= 11 is 0. The third kappa shape index (κ3) is 1.92. The number of nitrogen functional groups attached to an aromatic ring is 2. The van der Waals surface area contributed by atoms with Gasteiger partial charge >= 0.3 is 6.18 Å². The second-order valence-electron chi connectivity index (χ2n) is 2.98. The lowest BCUT2D eigenvalue weighted by Gasteiger charge is -2.12. The lowest BCUT2D eigenvalue weighted by molar-refractivity contribution is -0.137. The molecule has 0 unspecified atom stereocenters. The van der Waals surface area contributed by atoms with E-state index in [2.05, 4.69) is 0 Å². The highest BCUT2D eigenvalue weighted by Gasteiger charge is 2.31. The van der Waals surface area contributed by atoms with Crippen LogP contribution in [-0.4, -0.2) is 0 Å². The van der Waals surface area contributed by atoms with E-state index in [1.165, 1.54) is 0 Å². The molecule has 1 aromatic carbocycles. The van der Waals surface area contributed by atoms with Gasteiger partial charge in [-0.25, -0.2) is 0 Å². The zero-order chi connectivity index (χ0) is 10.9. The lowest BCUT2D eigenvalue weighted by atomic mass is 10.0. The minimum Gasteiger partial charge on any atom is -0.398 e. The Morgan fingerprint density at radius 1 is 1.14 bits per heavy atom. The standard InChI is InChI=1S/C9H11F3N2/c1-2-6-7(13)3-5(4-8(6)14)9(10,11)12/h3-4H,2,13-14H2,1H3. The first-order valence-corrected chi connectivity index (χ1v) is 4.11. The Morgan fingerprint density at radius 3 is 1.86 bits per heavy atom. The predicted molar refractivity (Wildman–Crippen MR) is 49.6 cm³/mol. The van der Waals surface area contributed by atoms with Crippen LogP contribution in [0.5, 0.6) is 0 Å². The molecular formula is C9H11F3N2. The van der Waals surface area contributed by atoms with Crippen LogP contribution in [0.2, 0.25) is 0 Å². The molecule has 0 aromatic heterocycles. The summed E-state index contributed by atoms with van der Waals surface area (Å²) in [6, 6.07) is 1.82. The van der Waals surface area contributed by atoms with Crippen LogP contribution in [0.4, 0.5) is 24.5 Å². The number of nitrogens with two attached hydrogens (primary N) is 2. The molecule has 0 amide bonds. The van der Waals surface area contributed by atoms with Gasteiger partial charge in [-0.05, 0) is 24.1 Å². The summed E-state index contributed by atoms with van der Waals surface area (Å²) in [4.78, 5) is 0. The van der Waals surface area contributed by atoms with Gasteiger partial charge in [-0.15, -0.1) is 0 Å². The average molecular weight is 204 g/mol. The van der Waals surface area contributed by atoms with Gasteiger partial charge in [0.25, 0.3) is 0 Å². The molecule has 2 nitrogen and oxygen atoms in total. The van der Waals surface area contributed by atoms with E-state index < -0.39 is 11.7 Å². The minimum atomic E-state index is -4.39. The molecule has 4 N–H and O–H groups in total. The van der Waals surface area contributed by atoms with Gasteiger partial charge in [-0.1, -0.05) is 6.92 Å². The first-order valence-electron chi connectivity index (χ1n) is 4.11. The van der Waals surface area contributed by atoms with Gasteiger partial charge in [-0.2, -0.15) is 13.2 Å². The van der Waals surface area contributed by atoms with Crippen LogP contribution in [-0.2, 0) is 12.6 Å². The van der Waals surface area contributed by atoms with Crippen molar-refractivity contribution in [1.29, 1.82) is 0 Å². The van der Waals surface area contributed by atoms with E-state index in [0.717, 1.165) is 12.1 Å². The van der Waals surface area contributed by atoms with Crippen LogP contribution in [0.3, 0.4) is 0 Å². The molecule has 1 aromatic rings. The Bertz CT molecular complexity index is 321. The Labute approximate surface area is 79.7 Å². The van der Waals surface area contributed by atoms with Gasteiger partial charge in [0.1, 0.15) is 0 Å². The molecule has 0 atom stereocenters. The fraction of sp³-hybridized carbons (Fsp3) is 0.333. The molecule has 14 heavy (non-hydrogen) atoms. The summed E-state index contributed by atoms with van der Waals surface area (Å²) in [6.07, 6.45) is -3.87. The fourth-order valence-electron chi connectivity index (χ4n) is 1.29. The highest BCUT2D eigenvalue weighted by atomic mass is 19.4. The number of hydrogen-bond acceptors (Lipinski definition) is 2. The van der Waals surface area contributed by atoms with Crippen molar-refractivity contribution >= 4 is 11.4 Å². The second-order valence-corrected chi connectivity index (χ2v) is 2.98. The number of alkyl halides is 3. The summed E-state index contributed by atoms with van der Waals surface area (Å²) in [5, 5.41) is 0. The summed E-state index contributed by atoms with van der Waals surface area (Å²) in [7, 11) is 0. The predicted octanol–water partition coefficient (Wildman–Crippen LogP) is 2.43. The first-order chi connectivity index (χ1) is 6.36. The van der Waals surface area contributed by atoms with Crippen molar-refractivity contribution in [2.45, 2.75) is 19.5 Å². The van der Waals surface area contributed by atoms with Gasteiger partial charge in [0, 0.05) is 11.4 Å². The van der Waals surface area contributed by atoms with E-state index in [4.69, 9.17) is 11.5 Å². The Hall–Kier alpha value is -1.39. The van der Waals surface area contributed by atoms with Crippen LogP contribution in [0, 0.1) is 0 Å². The van der Waals surface area contributed by atoms with Crippen molar-refractivity contribution in [3.05, 3.63) is 23.3 Å². The zero-order valence-corrected chi connectivity index (χ0v) is 7.65. The molecule has 0 radical (unpaired) electrons. The summed E-state index contributed by atoms with van der Waals surface area (Å²) in [6.45, 7) is 1.79. The van der Waals surface area contributed by atoms with E-state index in [1.807, 2.05) is 0 Å². The smallest absolute Gasteiger partial charge is 0.398 e. The highest BCUT2D eigenvalue weighted by Crippen LogP contribution is 2.34. The number of hydrogen-bond donors (Lipinski definition) is 2. The van der Waals surface area contributed by atoms with Crippen molar-refractivity contribution in [3.8, 4) is 0 Å².